The van der Waals surface area contributed by atoms with Gasteiger partial charge in [0.05, 0.1) is 13.2 Å². The normalized spacial score (nSPS) is 20.6. The summed E-state index contributed by atoms with van der Waals surface area (Å²) in [5, 5.41) is 3.43. The Kier molecular flexibility index (Phi) is 6.71. The van der Waals surface area contributed by atoms with Crippen LogP contribution >= 0.6 is 11.8 Å². The topological polar surface area (TPSA) is 24.5 Å². The molecule has 0 bridgehead atoms. The molecular weight excluding hydrogens is 256 g/mol. The first kappa shape index (κ1) is 14.9. The largest absolute Gasteiger partial charge is 0.378 e. The zero-order valence-electron chi connectivity index (χ0n) is 11.7. The maximum Gasteiger partial charge on any atom is 0.0634 e. The fourth-order valence-electron chi connectivity index (χ4n) is 2.28. The first-order valence-electron chi connectivity index (χ1n) is 7.10. The van der Waals surface area contributed by atoms with Crippen LogP contribution in [0.2, 0.25) is 0 Å². The Bertz CT molecular complexity index is 347. The van der Waals surface area contributed by atoms with Gasteiger partial charge in [0.2, 0.25) is 0 Å². The first-order chi connectivity index (χ1) is 9.40. The molecule has 1 atom stereocenters. The Morgan fingerprint density at radius 1 is 1.37 bits per heavy atom. The molecule has 106 valence electrons. The number of ether oxygens (including phenoxy) is 1. The molecule has 2 rings (SSSR count). The monoisotopic (exact) mass is 280 g/mol. The molecule has 1 aliphatic heterocycles. The van der Waals surface area contributed by atoms with Crippen LogP contribution in [0.3, 0.4) is 0 Å². The van der Waals surface area contributed by atoms with Gasteiger partial charge in [-0.2, -0.15) is 0 Å². The van der Waals surface area contributed by atoms with Gasteiger partial charge in [-0.1, -0.05) is 25.1 Å². The van der Waals surface area contributed by atoms with Gasteiger partial charge >= 0.3 is 0 Å². The molecule has 0 radical (unpaired) electrons. The summed E-state index contributed by atoms with van der Waals surface area (Å²) in [5.41, 5.74) is 0. The van der Waals surface area contributed by atoms with E-state index in [0.29, 0.717) is 6.04 Å². The van der Waals surface area contributed by atoms with Crippen molar-refractivity contribution in [2.45, 2.75) is 17.9 Å². The van der Waals surface area contributed by atoms with E-state index < -0.39 is 0 Å². The van der Waals surface area contributed by atoms with Crippen molar-refractivity contribution >= 4 is 11.8 Å². The number of likely N-dealkylation sites (N-methyl/N-ethyl adjacent to an activating group) is 1. The minimum Gasteiger partial charge on any atom is -0.378 e. The second kappa shape index (κ2) is 8.59. The van der Waals surface area contributed by atoms with Crippen LogP contribution in [0.4, 0.5) is 0 Å². The number of benzene rings is 1. The average molecular weight is 280 g/mol. The molecule has 1 aromatic carbocycles. The van der Waals surface area contributed by atoms with Crippen molar-refractivity contribution in [3.8, 4) is 0 Å². The fraction of sp³-hybridized carbons (Fsp3) is 0.600. The highest BCUT2D eigenvalue weighted by atomic mass is 32.2. The number of hydrogen-bond acceptors (Lipinski definition) is 4. The Hall–Kier alpha value is -0.550. The molecule has 1 aromatic rings. The second-order valence-corrected chi connectivity index (χ2v) is 5.90. The highest BCUT2D eigenvalue weighted by molar-refractivity contribution is 7.99. The van der Waals surface area contributed by atoms with Crippen LogP contribution in [0.1, 0.15) is 6.92 Å². The summed E-state index contributed by atoms with van der Waals surface area (Å²) >= 11 is 1.94. The van der Waals surface area contributed by atoms with Gasteiger partial charge in [-0.25, -0.2) is 0 Å². The molecule has 4 heteroatoms. The predicted molar refractivity (Wildman–Crippen MR) is 81.9 cm³/mol. The van der Waals surface area contributed by atoms with E-state index in [0.717, 1.165) is 45.1 Å². The lowest BCUT2D eigenvalue weighted by Crippen LogP contribution is -2.51. The van der Waals surface area contributed by atoms with Gasteiger partial charge in [-0.05, 0) is 18.7 Å². The summed E-state index contributed by atoms with van der Waals surface area (Å²) < 4.78 is 5.59. The Morgan fingerprint density at radius 3 is 3.00 bits per heavy atom. The Morgan fingerprint density at radius 2 is 2.21 bits per heavy atom. The van der Waals surface area contributed by atoms with Crippen LogP contribution in [0.25, 0.3) is 0 Å². The molecular formula is C15H24N2OS. The van der Waals surface area contributed by atoms with E-state index in [9.17, 15) is 0 Å². The molecule has 0 aliphatic carbocycles. The van der Waals surface area contributed by atoms with Crippen LogP contribution in [-0.2, 0) is 4.74 Å². The number of rotatable bonds is 7. The third-order valence-corrected chi connectivity index (χ3v) is 4.36. The molecule has 3 nitrogen and oxygen atoms in total. The standard InChI is InChI=1S/C15H24N2OS/c1-2-16-12-14-13-18-10-8-17(14)9-11-19-15-6-4-3-5-7-15/h3-7,14,16H,2,8-13H2,1H3. The van der Waals surface area contributed by atoms with Crippen molar-refractivity contribution in [1.29, 1.82) is 0 Å². The van der Waals surface area contributed by atoms with Crippen molar-refractivity contribution in [2.24, 2.45) is 0 Å². The minimum atomic E-state index is 0.532. The third-order valence-electron chi connectivity index (χ3n) is 3.37. The molecule has 19 heavy (non-hydrogen) atoms. The van der Waals surface area contributed by atoms with Crippen molar-refractivity contribution < 1.29 is 4.74 Å². The molecule has 0 saturated carbocycles. The zero-order chi connectivity index (χ0) is 13.3. The molecule has 1 heterocycles. The summed E-state index contributed by atoms with van der Waals surface area (Å²) in [5.74, 6) is 1.15. The minimum absolute atomic E-state index is 0.532. The lowest BCUT2D eigenvalue weighted by atomic mass is 10.2. The summed E-state index contributed by atoms with van der Waals surface area (Å²) in [6.45, 7) is 8.15. The van der Waals surface area contributed by atoms with Crippen LogP contribution in [0, 0.1) is 0 Å². The van der Waals surface area contributed by atoms with E-state index in [-0.39, 0.29) is 0 Å². The number of nitrogens with zero attached hydrogens (tertiary/aromatic N) is 1. The Labute approximate surface area is 120 Å². The summed E-state index contributed by atoms with van der Waals surface area (Å²) in [4.78, 5) is 3.92. The van der Waals surface area contributed by atoms with Crippen molar-refractivity contribution in [1.82, 2.24) is 10.2 Å². The van der Waals surface area contributed by atoms with E-state index in [1.165, 1.54) is 4.90 Å². The lowest BCUT2D eigenvalue weighted by molar-refractivity contribution is -0.00340. The van der Waals surface area contributed by atoms with Gasteiger partial charge in [-0.3, -0.25) is 4.90 Å². The van der Waals surface area contributed by atoms with Crippen LogP contribution in [0.15, 0.2) is 35.2 Å². The number of thioether (sulfide) groups is 1. The SMILES string of the molecule is CCNCC1COCCN1CCSc1ccccc1. The van der Waals surface area contributed by atoms with E-state index >= 15 is 0 Å². The molecule has 1 N–H and O–H groups in total. The van der Waals surface area contributed by atoms with Crippen LogP contribution < -0.4 is 5.32 Å². The van der Waals surface area contributed by atoms with Gasteiger partial charge in [0.25, 0.3) is 0 Å². The van der Waals surface area contributed by atoms with Gasteiger partial charge in [0.15, 0.2) is 0 Å². The van der Waals surface area contributed by atoms with Gasteiger partial charge in [0.1, 0.15) is 0 Å². The number of hydrogen-bond donors (Lipinski definition) is 1. The number of nitrogens with one attached hydrogen (secondary N) is 1. The highest BCUT2D eigenvalue weighted by Gasteiger charge is 2.21. The van der Waals surface area contributed by atoms with E-state index in [4.69, 9.17) is 4.74 Å². The van der Waals surface area contributed by atoms with Gasteiger partial charge in [0, 0.05) is 36.3 Å². The summed E-state index contributed by atoms with van der Waals surface area (Å²) in [7, 11) is 0. The lowest BCUT2D eigenvalue weighted by Gasteiger charge is -2.35. The predicted octanol–water partition coefficient (Wildman–Crippen LogP) is 2.09. The van der Waals surface area contributed by atoms with E-state index in [1.54, 1.807) is 0 Å². The maximum absolute atomic E-state index is 5.59. The number of morpholine rings is 1. The first-order valence-corrected chi connectivity index (χ1v) is 8.09. The van der Waals surface area contributed by atoms with Crippen LogP contribution in [0.5, 0.6) is 0 Å². The smallest absolute Gasteiger partial charge is 0.0634 e. The average Bonchev–Trinajstić information content (AvgIpc) is 2.47. The zero-order valence-corrected chi connectivity index (χ0v) is 12.5. The van der Waals surface area contributed by atoms with Crippen LogP contribution in [-0.4, -0.2) is 56.1 Å². The summed E-state index contributed by atoms with van der Waals surface area (Å²) in [6.07, 6.45) is 0. The summed E-state index contributed by atoms with van der Waals surface area (Å²) in [6, 6.07) is 11.2. The quantitative estimate of drug-likeness (QED) is 0.773. The Balaban J connectivity index is 1.73. The van der Waals surface area contributed by atoms with Crippen molar-refractivity contribution in [3.63, 3.8) is 0 Å². The molecule has 0 amide bonds. The molecule has 1 unspecified atom stereocenters. The van der Waals surface area contributed by atoms with Crippen molar-refractivity contribution in [2.75, 3.05) is 45.1 Å². The highest BCUT2D eigenvalue weighted by Crippen LogP contribution is 2.17. The maximum atomic E-state index is 5.59. The third kappa shape index (κ3) is 5.15. The second-order valence-electron chi connectivity index (χ2n) is 4.73. The molecule has 1 aliphatic rings. The molecule has 0 aromatic heterocycles. The molecule has 1 fully saturated rings. The van der Waals surface area contributed by atoms with Gasteiger partial charge in [-0.15, -0.1) is 11.8 Å². The molecule has 0 spiro atoms. The van der Waals surface area contributed by atoms with E-state index in [1.807, 2.05) is 11.8 Å². The molecule has 1 saturated heterocycles. The fourth-order valence-corrected chi connectivity index (χ4v) is 3.19. The van der Waals surface area contributed by atoms with Gasteiger partial charge < -0.3 is 10.1 Å². The van der Waals surface area contributed by atoms with E-state index in [2.05, 4.69) is 47.5 Å². The van der Waals surface area contributed by atoms with Crippen molar-refractivity contribution in [3.05, 3.63) is 30.3 Å².